The molecule has 0 unspecified atom stereocenters. The van der Waals surface area contributed by atoms with Gasteiger partial charge in [-0.3, -0.25) is 4.79 Å². The Hall–Kier alpha value is -1.85. The lowest BCUT2D eigenvalue weighted by Gasteiger charge is -2.10. The Labute approximate surface area is 113 Å². The molecule has 6 heteroatoms. The van der Waals surface area contributed by atoms with Crippen LogP contribution in [-0.2, 0) is 4.79 Å². The molecule has 1 aliphatic carbocycles. The Morgan fingerprint density at radius 2 is 2.11 bits per heavy atom. The number of nitrogens with one attached hydrogen (secondary N) is 3. The van der Waals surface area contributed by atoms with Crippen molar-refractivity contribution in [2.24, 2.45) is 0 Å². The van der Waals surface area contributed by atoms with E-state index >= 15 is 0 Å². The fourth-order valence-corrected chi connectivity index (χ4v) is 1.86. The van der Waals surface area contributed by atoms with Crippen LogP contribution in [-0.4, -0.2) is 35.5 Å². The van der Waals surface area contributed by atoms with E-state index in [0.29, 0.717) is 12.5 Å². The molecule has 0 aliphatic heterocycles. The van der Waals surface area contributed by atoms with Crippen LogP contribution in [0.3, 0.4) is 0 Å². The lowest BCUT2D eigenvalue weighted by atomic mass is 10.2. The standard InChI is InChI=1S/C13H21N5O/c1-9-12(14-2)16-8-17-13(9)15-7-3-4-11(19)18-10-5-6-10/h8,10H,3-7H2,1-2H3,(H,18,19)(H2,14,15,16,17). The second-order valence-corrected chi connectivity index (χ2v) is 4.82. The summed E-state index contributed by atoms with van der Waals surface area (Å²) in [5, 5.41) is 9.24. The van der Waals surface area contributed by atoms with Crippen molar-refractivity contribution in [1.82, 2.24) is 15.3 Å². The van der Waals surface area contributed by atoms with Crippen LogP contribution in [0.2, 0.25) is 0 Å². The fraction of sp³-hybridized carbons (Fsp3) is 0.615. The first-order valence-corrected chi connectivity index (χ1v) is 6.73. The van der Waals surface area contributed by atoms with Gasteiger partial charge in [-0.25, -0.2) is 9.97 Å². The van der Waals surface area contributed by atoms with Crippen LogP contribution in [0.5, 0.6) is 0 Å². The number of hydrogen-bond donors (Lipinski definition) is 3. The molecule has 104 valence electrons. The number of aromatic nitrogens is 2. The molecule has 0 atom stereocenters. The van der Waals surface area contributed by atoms with Gasteiger partial charge in [-0.2, -0.15) is 0 Å². The van der Waals surface area contributed by atoms with Crippen molar-refractivity contribution < 1.29 is 4.79 Å². The van der Waals surface area contributed by atoms with Crippen LogP contribution in [0.1, 0.15) is 31.2 Å². The van der Waals surface area contributed by atoms with E-state index in [1.807, 2.05) is 14.0 Å². The molecule has 1 saturated carbocycles. The first-order chi connectivity index (χ1) is 9.20. The summed E-state index contributed by atoms with van der Waals surface area (Å²) >= 11 is 0. The zero-order valence-corrected chi connectivity index (χ0v) is 11.5. The normalized spacial score (nSPS) is 14.0. The van der Waals surface area contributed by atoms with Gasteiger partial charge in [0, 0.05) is 31.6 Å². The molecule has 1 aliphatic rings. The summed E-state index contributed by atoms with van der Waals surface area (Å²) in [5.41, 5.74) is 0.993. The molecule has 0 saturated heterocycles. The Morgan fingerprint density at radius 1 is 1.37 bits per heavy atom. The second kappa shape index (κ2) is 6.36. The maximum atomic E-state index is 11.5. The number of nitrogens with zero attached hydrogens (tertiary/aromatic N) is 2. The van der Waals surface area contributed by atoms with Crippen LogP contribution in [0.25, 0.3) is 0 Å². The van der Waals surface area contributed by atoms with E-state index in [-0.39, 0.29) is 5.91 Å². The van der Waals surface area contributed by atoms with Crippen molar-refractivity contribution in [2.75, 3.05) is 24.2 Å². The molecule has 0 spiro atoms. The molecule has 19 heavy (non-hydrogen) atoms. The summed E-state index contributed by atoms with van der Waals surface area (Å²) in [6, 6.07) is 0.447. The minimum absolute atomic E-state index is 0.152. The van der Waals surface area contributed by atoms with E-state index in [9.17, 15) is 4.79 Å². The third kappa shape index (κ3) is 4.08. The quantitative estimate of drug-likeness (QED) is 0.646. The van der Waals surface area contributed by atoms with Crippen LogP contribution in [0.4, 0.5) is 11.6 Å². The third-order valence-corrected chi connectivity index (χ3v) is 3.14. The molecule has 0 radical (unpaired) electrons. The predicted octanol–water partition coefficient (Wildman–Crippen LogP) is 1.30. The van der Waals surface area contributed by atoms with E-state index in [1.165, 1.54) is 6.33 Å². The predicted molar refractivity (Wildman–Crippen MR) is 75.2 cm³/mol. The summed E-state index contributed by atoms with van der Waals surface area (Å²) < 4.78 is 0. The number of carbonyl (C=O) groups excluding carboxylic acids is 1. The lowest BCUT2D eigenvalue weighted by molar-refractivity contribution is -0.121. The Kier molecular flexibility index (Phi) is 4.54. The van der Waals surface area contributed by atoms with Crippen molar-refractivity contribution in [1.29, 1.82) is 0 Å². The second-order valence-electron chi connectivity index (χ2n) is 4.82. The van der Waals surface area contributed by atoms with Gasteiger partial charge in [0.05, 0.1) is 0 Å². The molecule has 2 rings (SSSR count). The molecular formula is C13H21N5O. The summed E-state index contributed by atoms with van der Waals surface area (Å²) in [4.78, 5) is 19.8. The summed E-state index contributed by atoms with van der Waals surface area (Å²) in [6.07, 6.45) is 5.16. The highest BCUT2D eigenvalue weighted by Gasteiger charge is 2.22. The molecule has 1 aromatic heterocycles. The highest BCUT2D eigenvalue weighted by atomic mass is 16.1. The SMILES string of the molecule is CNc1ncnc(NCCCC(=O)NC2CC2)c1C. The summed E-state index contributed by atoms with van der Waals surface area (Å²) in [5.74, 6) is 1.80. The lowest BCUT2D eigenvalue weighted by Crippen LogP contribution is -2.25. The molecule has 6 nitrogen and oxygen atoms in total. The van der Waals surface area contributed by atoms with E-state index in [2.05, 4.69) is 25.9 Å². The zero-order chi connectivity index (χ0) is 13.7. The Balaban J connectivity index is 1.71. The van der Waals surface area contributed by atoms with Crippen molar-refractivity contribution >= 4 is 17.5 Å². The Morgan fingerprint density at radius 3 is 2.79 bits per heavy atom. The smallest absolute Gasteiger partial charge is 0.220 e. The topological polar surface area (TPSA) is 78.9 Å². The van der Waals surface area contributed by atoms with Crippen LogP contribution < -0.4 is 16.0 Å². The first-order valence-electron chi connectivity index (χ1n) is 6.73. The Bertz CT molecular complexity index is 445. The van der Waals surface area contributed by atoms with Crippen LogP contribution >= 0.6 is 0 Å². The molecule has 1 aromatic rings. The van der Waals surface area contributed by atoms with E-state index in [0.717, 1.165) is 43.0 Å². The summed E-state index contributed by atoms with van der Waals surface area (Å²) in [7, 11) is 1.83. The van der Waals surface area contributed by atoms with Crippen LogP contribution in [0.15, 0.2) is 6.33 Å². The number of rotatable bonds is 7. The van der Waals surface area contributed by atoms with Gasteiger partial charge in [0.15, 0.2) is 0 Å². The van der Waals surface area contributed by atoms with Crippen molar-refractivity contribution in [3.05, 3.63) is 11.9 Å². The van der Waals surface area contributed by atoms with Gasteiger partial charge in [-0.05, 0) is 26.2 Å². The van der Waals surface area contributed by atoms with Gasteiger partial charge < -0.3 is 16.0 Å². The number of anilines is 2. The van der Waals surface area contributed by atoms with Gasteiger partial charge >= 0.3 is 0 Å². The van der Waals surface area contributed by atoms with Gasteiger partial charge in [-0.15, -0.1) is 0 Å². The molecule has 1 heterocycles. The van der Waals surface area contributed by atoms with E-state index in [4.69, 9.17) is 0 Å². The van der Waals surface area contributed by atoms with E-state index < -0.39 is 0 Å². The maximum Gasteiger partial charge on any atom is 0.220 e. The van der Waals surface area contributed by atoms with Gasteiger partial charge in [-0.1, -0.05) is 0 Å². The van der Waals surface area contributed by atoms with Gasteiger partial charge in [0.1, 0.15) is 18.0 Å². The number of hydrogen-bond acceptors (Lipinski definition) is 5. The van der Waals surface area contributed by atoms with Gasteiger partial charge in [0.2, 0.25) is 5.91 Å². The number of carbonyl (C=O) groups is 1. The largest absolute Gasteiger partial charge is 0.373 e. The van der Waals surface area contributed by atoms with E-state index in [1.54, 1.807) is 0 Å². The van der Waals surface area contributed by atoms with Crippen molar-refractivity contribution in [3.8, 4) is 0 Å². The number of amides is 1. The molecule has 1 fully saturated rings. The van der Waals surface area contributed by atoms with Crippen molar-refractivity contribution in [3.63, 3.8) is 0 Å². The highest BCUT2D eigenvalue weighted by molar-refractivity contribution is 5.76. The fourth-order valence-electron chi connectivity index (χ4n) is 1.86. The zero-order valence-electron chi connectivity index (χ0n) is 11.5. The molecular weight excluding hydrogens is 242 g/mol. The monoisotopic (exact) mass is 263 g/mol. The summed E-state index contributed by atoms with van der Waals surface area (Å²) in [6.45, 7) is 2.70. The van der Waals surface area contributed by atoms with Gasteiger partial charge in [0.25, 0.3) is 0 Å². The van der Waals surface area contributed by atoms with Crippen LogP contribution in [0, 0.1) is 6.92 Å². The third-order valence-electron chi connectivity index (χ3n) is 3.14. The van der Waals surface area contributed by atoms with Crippen molar-refractivity contribution in [2.45, 2.75) is 38.6 Å². The average molecular weight is 263 g/mol. The average Bonchev–Trinajstić information content (AvgIpc) is 3.20. The molecule has 0 bridgehead atoms. The minimum Gasteiger partial charge on any atom is -0.373 e. The molecule has 0 aromatic carbocycles. The first kappa shape index (κ1) is 13.6. The maximum absolute atomic E-state index is 11.5. The molecule has 1 amide bonds. The minimum atomic E-state index is 0.152. The molecule has 3 N–H and O–H groups in total. The highest BCUT2D eigenvalue weighted by Crippen LogP contribution is 2.19.